The Kier molecular flexibility index (Phi) is 4.30. The first-order chi connectivity index (χ1) is 10.6. The second-order valence-electron chi connectivity index (χ2n) is 6.67. The second kappa shape index (κ2) is 6.21. The number of hydrogen-bond donors (Lipinski definition) is 0. The largest absolute Gasteiger partial charge is 0.292 e. The van der Waals surface area contributed by atoms with Crippen molar-refractivity contribution in [2.45, 2.75) is 44.9 Å². The van der Waals surface area contributed by atoms with Crippen LogP contribution in [0.2, 0.25) is 0 Å². The Hall–Kier alpha value is -1.67. The predicted molar refractivity (Wildman–Crippen MR) is 89.4 cm³/mol. The number of nitrogens with zero attached hydrogens (tertiary/aromatic N) is 1. The highest BCUT2D eigenvalue weighted by atomic mass is 19.1. The van der Waals surface area contributed by atoms with E-state index in [1.165, 1.54) is 12.0 Å². The number of hydrogen-bond acceptors (Lipinski definition) is 1. The molecular formula is C20H24FN. The molecule has 1 aliphatic rings. The summed E-state index contributed by atoms with van der Waals surface area (Å²) in [5.74, 6) is 0. The van der Waals surface area contributed by atoms with Crippen molar-refractivity contribution in [3.8, 4) is 0 Å². The summed E-state index contributed by atoms with van der Waals surface area (Å²) >= 11 is 0. The molecule has 0 aliphatic carbocycles. The minimum absolute atomic E-state index is 0.325. The summed E-state index contributed by atoms with van der Waals surface area (Å²) in [6.45, 7) is 5.33. The van der Waals surface area contributed by atoms with Gasteiger partial charge in [-0.3, -0.25) is 4.90 Å². The lowest BCUT2D eigenvalue weighted by atomic mass is 9.90. The van der Waals surface area contributed by atoms with E-state index in [1.54, 1.807) is 13.8 Å². The lowest BCUT2D eigenvalue weighted by Gasteiger charge is -2.29. The maximum absolute atomic E-state index is 14.6. The molecule has 0 radical (unpaired) electrons. The molecule has 0 saturated carbocycles. The van der Waals surface area contributed by atoms with Crippen molar-refractivity contribution >= 4 is 0 Å². The maximum Gasteiger partial charge on any atom is 0.130 e. The normalized spacial score (nSPS) is 19.5. The molecule has 0 amide bonds. The van der Waals surface area contributed by atoms with Crippen LogP contribution in [-0.4, -0.2) is 11.4 Å². The van der Waals surface area contributed by atoms with Gasteiger partial charge in [-0.05, 0) is 49.9 Å². The molecule has 2 heteroatoms. The number of halogens is 1. The van der Waals surface area contributed by atoms with Gasteiger partial charge >= 0.3 is 0 Å². The number of rotatable bonds is 4. The number of alkyl halides is 1. The number of likely N-dealkylation sites (tertiary alicyclic amines) is 1. The monoisotopic (exact) mass is 297 g/mol. The average Bonchev–Trinajstić information content (AvgIpc) is 2.95. The highest BCUT2D eigenvalue weighted by Crippen LogP contribution is 2.39. The fourth-order valence-corrected chi connectivity index (χ4v) is 3.51. The summed E-state index contributed by atoms with van der Waals surface area (Å²) in [5.41, 5.74) is 2.02. The molecule has 1 aliphatic heterocycles. The summed E-state index contributed by atoms with van der Waals surface area (Å²) in [6.07, 6.45) is 2.29. The van der Waals surface area contributed by atoms with Crippen LogP contribution in [-0.2, 0) is 12.2 Å². The van der Waals surface area contributed by atoms with Crippen molar-refractivity contribution in [3.05, 3.63) is 71.3 Å². The van der Waals surface area contributed by atoms with Crippen molar-refractivity contribution < 1.29 is 4.39 Å². The Labute approximate surface area is 132 Å². The Morgan fingerprint density at radius 3 is 2.45 bits per heavy atom. The van der Waals surface area contributed by atoms with E-state index in [-0.39, 0.29) is 0 Å². The van der Waals surface area contributed by atoms with Crippen LogP contribution < -0.4 is 0 Å². The topological polar surface area (TPSA) is 3.24 Å². The van der Waals surface area contributed by atoms with E-state index < -0.39 is 5.67 Å². The van der Waals surface area contributed by atoms with Gasteiger partial charge in [-0.1, -0.05) is 54.6 Å². The zero-order valence-electron chi connectivity index (χ0n) is 13.4. The average molecular weight is 297 g/mol. The fraction of sp³-hybridized carbons (Fsp3) is 0.400. The lowest BCUT2D eigenvalue weighted by molar-refractivity contribution is 0.206. The van der Waals surface area contributed by atoms with Crippen LogP contribution in [0.3, 0.4) is 0 Å². The van der Waals surface area contributed by atoms with Crippen LogP contribution in [0.15, 0.2) is 54.6 Å². The highest BCUT2D eigenvalue weighted by Gasteiger charge is 2.31. The van der Waals surface area contributed by atoms with Gasteiger partial charge in [-0.25, -0.2) is 4.39 Å². The zero-order valence-corrected chi connectivity index (χ0v) is 13.4. The van der Waals surface area contributed by atoms with Gasteiger partial charge in [0.05, 0.1) is 0 Å². The van der Waals surface area contributed by atoms with E-state index in [9.17, 15) is 4.39 Å². The van der Waals surface area contributed by atoms with Crippen LogP contribution in [0.5, 0.6) is 0 Å². The van der Waals surface area contributed by atoms with Gasteiger partial charge in [-0.15, -0.1) is 0 Å². The van der Waals surface area contributed by atoms with E-state index >= 15 is 0 Å². The van der Waals surface area contributed by atoms with Gasteiger partial charge in [-0.2, -0.15) is 0 Å². The predicted octanol–water partition coefficient (Wildman–Crippen LogP) is 5.23. The van der Waals surface area contributed by atoms with Gasteiger partial charge in [0.2, 0.25) is 0 Å². The molecule has 1 fully saturated rings. The summed E-state index contributed by atoms with van der Waals surface area (Å²) in [6, 6.07) is 18.9. The third-order valence-electron chi connectivity index (χ3n) is 4.55. The molecule has 116 valence electrons. The Morgan fingerprint density at radius 1 is 1.05 bits per heavy atom. The molecule has 2 aromatic carbocycles. The van der Waals surface area contributed by atoms with Gasteiger partial charge in [0.25, 0.3) is 0 Å². The number of benzene rings is 2. The third-order valence-corrected chi connectivity index (χ3v) is 4.55. The molecule has 1 heterocycles. The van der Waals surface area contributed by atoms with E-state index in [4.69, 9.17) is 0 Å². The maximum atomic E-state index is 14.6. The SMILES string of the molecule is CC(C)(F)c1ccccc1[C@@H]1CCCN1Cc1ccccc1. The second-order valence-corrected chi connectivity index (χ2v) is 6.67. The molecule has 3 rings (SSSR count). The molecule has 0 aromatic heterocycles. The molecule has 0 unspecified atom stereocenters. The van der Waals surface area contributed by atoms with Crippen molar-refractivity contribution in [1.29, 1.82) is 0 Å². The third kappa shape index (κ3) is 3.22. The van der Waals surface area contributed by atoms with Crippen LogP contribution in [0, 0.1) is 0 Å². The van der Waals surface area contributed by atoms with Crippen molar-refractivity contribution in [3.63, 3.8) is 0 Å². The standard InChI is InChI=1S/C20H24FN/c1-20(2,21)18-12-7-6-11-17(18)19-13-8-14-22(19)15-16-9-4-3-5-10-16/h3-7,9-12,19H,8,13-15H2,1-2H3/t19-/m0/s1. The quantitative estimate of drug-likeness (QED) is 0.747. The fourth-order valence-electron chi connectivity index (χ4n) is 3.51. The summed E-state index contributed by atoms with van der Waals surface area (Å²) in [7, 11) is 0. The lowest BCUT2D eigenvalue weighted by Crippen LogP contribution is -2.25. The van der Waals surface area contributed by atoms with Crippen LogP contribution in [0.4, 0.5) is 4.39 Å². The van der Waals surface area contributed by atoms with Gasteiger partial charge in [0.15, 0.2) is 0 Å². The first kappa shape index (κ1) is 15.2. The van der Waals surface area contributed by atoms with E-state index in [0.29, 0.717) is 6.04 Å². The Balaban J connectivity index is 1.88. The smallest absolute Gasteiger partial charge is 0.130 e. The van der Waals surface area contributed by atoms with E-state index in [1.807, 2.05) is 24.3 Å². The Morgan fingerprint density at radius 2 is 1.73 bits per heavy atom. The Bertz CT molecular complexity index is 615. The van der Waals surface area contributed by atoms with E-state index in [0.717, 1.165) is 30.6 Å². The molecule has 1 nitrogen and oxygen atoms in total. The molecule has 1 saturated heterocycles. The summed E-state index contributed by atoms with van der Waals surface area (Å²) < 4.78 is 14.6. The molecule has 0 spiro atoms. The minimum Gasteiger partial charge on any atom is -0.292 e. The first-order valence-corrected chi connectivity index (χ1v) is 8.12. The van der Waals surface area contributed by atoms with Crippen molar-refractivity contribution in [1.82, 2.24) is 4.90 Å². The van der Waals surface area contributed by atoms with Gasteiger partial charge in [0.1, 0.15) is 5.67 Å². The minimum atomic E-state index is -1.29. The summed E-state index contributed by atoms with van der Waals surface area (Å²) in [4.78, 5) is 2.49. The molecule has 0 bridgehead atoms. The summed E-state index contributed by atoms with van der Waals surface area (Å²) in [5, 5.41) is 0. The van der Waals surface area contributed by atoms with Crippen molar-refractivity contribution in [2.24, 2.45) is 0 Å². The molecule has 0 N–H and O–H groups in total. The molecule has 1 atom stereocenters. The zero-order chi connectivity index (χ0) is 15.6. The highest BCUT2D eigenvalue weighted by molar-refractivity contribution is 5.35. The molecule has 22 heavy (non-hydrogen) atoms. The van der Waals surface area contributed by atoms with Crippen LogP contribution in [0.1, 0.15) is 49.4 Å². The van der Waals surface area contributed by atoms with Crippen molar-refractivity contribution in [2.75, 3.05) is 6.54 Å². The first-order valence-electron chi connectivity index (χ1n) is 8.12. The van der Waals surface area contributed by atoms with Gasteiger partial charge < -0.3 is 0 Å². The van der Waals surface area contributed by atoms with E-state index in [2.05, 4.69) is 35.2 Å². The van der Waals surface area contributed by atoms with Crippen LogP contribution in [0.25, 0.3) is 0 Å². The molecular weight excluding hydrogens is 273 g/mol. The van der Waals surface area contributed by atoms with Crippen LogP contribution >= 0.6 is 0 Å². The molecule has 2 aromatic rings. The van der Waals surface area contributed by atoms with Gasteiger partial charge in [0, 0.05) is 12.6 Å².